The van der Waals surface area contributed by atoms with Crippen molar-refractivity contribution in [2.24, 2.45) is 14.1 Å². The number of amides is 1. The van der Waals surface area contributed by atoms with Crippen molar-refractivity contribution in [1.82, 2.24) is 28.6 Å². The summed E-state index contributed by atoms with van der Waals surface area (Å²) in [6.07, 6.45) is 1.42. The van der Waals surface area contributed by atoms with E-state index in [0.717, 1.165) is 9.27 Å². The van der Waals surface area contributed by atoms with Crippen molar-refractivity contribution in [3.63, 3.8) is 0 Å². The number of aryl methyl sites for hydroxylation is 1. The second kappa shape index (κ2) is 9.39. The van der Waals surface area contributed by atoms with Gasteiger partial charge in [0.2, 0.25) is 5.91 Å². The molecule has 0 saturated carbocycles. The first kappa shape index (κ1) is 23.6. The first-order chi connectivity index (χ1) is 16.2. The molecule has 0 saturated heterocycles. The minimum absolute atomic E-state index is 0.119. The van der Waals surface area contributed by atoms with E-state index in [1.54, 1.807) is 11.9 Å². The quantitative estimate of drug-likeness (QED) is 0.367. The Kier molecular flexibility index (Phi) is 6.53. The number of anilines is 1. The van der Waals surface area contributed by atoms with E-state index in [4.69, 9.17) is 9.72 Å². The average Bonchev–Trinajstić information content (AvgIpc) is 3.41. The number of hydrogen-bond acceptors (Lipinski definition) is 8. The molecule has 3 aromatic heterocycles. The predicted molar refractivity (Wildman–Crippen MR) is 132 cm³/mol. The Hall–Kier alpha value is -3.51. The molecule has 0 aliphatic heterocycles. The van der Waals surface area contributed by atoms with Gasteiger partial charge in [0.15, 0.2) is 16.3 Å². The first-order valence-electron chi connectivity index (χ1n) is 10.8. The van der Waals surface area contributed by atoms with Gasteiger partial charge in [-0.3, -0.25) is 23.6 Å². The summed E-state index contributed by atoms with van der Waals surface area (Å²) in [5.41, 5.74) is 0.185. The van der Waals surface area contributed by atoms with E-state index in [-0.39, 0.29) is 23.6 Å². The molecule has 4 rings (SSSR count). The van der Waals surface area contributed by atoms with Gasteiger partial charge in [-0.05, 0) is 33.2 Å². The average molecular weight is 486 g/mol. The van der Waals surface area contributed by atoms with Crippen LogP contribution in [0.15, 0.2) is 34.1 Å². The lowest BCUT2D eigenvalue weighted by Gasteiger charge is -2.22. The van der Waals surface area contributed by atoms with Crippen molar-refractivity contribution in [1.29, 1.82) is 0 Å². The predicted octanol–water partition coefficient (Wildman–Crippen LogP) is 1.04. The maximum absolute atomic E-state index is 13.5. The number of ether oxygens (including phenoxy) is 1. The second-order valence-electron chi connectivity index (χ2n) is 8.13. The molecule has 0 fully saturated rings. The van der Waals surface area contributed by atoms with Gasteiger partial charge in [-0.1, -0.05) is 17.4 Å². The Morgan fingerprint density at radius 3 is 2.62 bits per heavy atom. The van der Waals surface area contributed by atoms with Gasteiger partial charge in [-0.2, -0.15) is 0 Å². The van der Waals surface area contributed by atoms with Gasteiger partial charge in [0, 0.05) is 27.2 Å². The molecule has 11 nitrogen and oxygen atoms in total. The number of imidazole rings is 1. The zero-order valence-corrected chi connectivity index (χ0v) is 20.6. The van der Waals surface area contributed by atoms with Crippen molar-refractivity contribution in [3.8, 4) is 5.75 Å². The van der Waals surface area contributed by atoms with Crippen LogP contribution in [-0.2, 0) is 25.4 Å². The number of aromatic nitrogens is 5. The SMILES string of the molecule is CCOc1cccc2sc(N(CCN(C)C)C(=O)Cn3cnc4c3c(=O)n(C)c(=O)n4C)nc12. The third-order valence-corrected chi connectivity index (χ3v) is 6.54. The van der Waals surface area contributed by atoms with E-state index in [1.807, 2.05) is 44.1 Å². The molecule has 0 atom stereocenters. The fourth-order valence-electron chi connectivity index (χ4n) is 3.67. The maximum Gasteiger partial charge on any atom is 0.332 e. The van der Waals surface area contributed by atoms with Crippen LogP contribution < -0.4 is 20.9 Å². The highest BCUT2D eigenvalue weighted by Crippen LogP contribution is 2.34. The molecule has 0 radical (unpaired) electrons. The summed E-state index contributed by atoms with van der Waals surface area (Å²) in [5, 5.41) is 0.554. The van der Waals surface area contributed by atoms with Crippen molar-refractivity contribution < 1.29 is 9.53 Å². The largest absolute Gasteiger partial charge is 0.492 e. The molecule has 0 aliphatic carbocycles. The Labute approximate surface area is 199 Å². The topological polar surface area (TPSA) is 107 Å². The highest BCUT2D eigenvalue weighted by atomic mass is 32.1. The van der Waals surface area contributed by atoms with Gasteiger partial charge < -0.3 is 14.2 Å². The van der Waals surface area contributed by atoms with E-state index >= 15 is 0 Å². The van der Waals surface area contributed by atoms with Gasteiger partial charge in [-0.15, -0.1) is 0 Å². The Morgan fingerprint density at radius 2 is 1.91 bits per heavy atom. The molecule has 1 aromatic carbocycles. The molecular formula is C22H27N7O4S. The number of carbonyl (C=O) groups excluding carboxylic acids is 1. The Balaban J connectivity index is 1.74. The molecule has 34 heavy (non-hydrogen) atoms. The Morgan fingerprint density at radius 1 is 1.15 bits per heavy atom. The molecule has 0 N–H and O–H groups in total. The van der Waals surface area contributed by atoms with Crippen molar-refractivity contribution in [2.45, 2.75) is 13.5 Å². The van der Waals surface area contributed by atoms with Crippen LogP contribution in [0.3, 0.4) is 0 Å². The lowest BCUT2D eigenvalue weighted by atomic mass is 10.3. The summed E-state index contributed by atoms with van der Waals surface area (Å²) in [7, 11) is 6.82. The second-order valence-corrected chi connectivity index (χ2v) is 9.14. The highest BCUT2D eigenvalue weighted by Gasteiger charge is 2.23. The summed E-state index contributed by atoms with van der Waals surface area (Å²) < 4.78 is 10.4. The van der Waals surface area contributed by atoms with Crippen LogP contribution in [0.2, 0.25) is 0 Å². The lowest BCUT2D eigenvalue weighted by Crippen LogP contribution is -2.40. The zero-order valence-electron chi connectivity index (χ0n) is 19.8. The Bertz CT molecular complexity index is 1480. The van der Waals surface area contributed by atoms with Crippen LogP contribution in [0, 0.1) is 0 Å². The number of benzene rings is 1. The normalized spacial score (nSPS) is 11.6. The smallest absolute Gasteiger partial charge is 0.332 e. The number of likely N-dealkylation sites (N-methyl/N-ethyl adjacent to an activating group) is 1. The fourth-order valence-corrected chi connectivity index (χ4v) is 4.70. The lowest BCUT2D eigenvalue weighted by molar-refractivity contribution is -0.119. The summed E-state index contributed by atoms with van der Waals surface area (Å²) in [6, 6.07) is 5.71. The van der Waals surface area contributed by atoms with Crippen LogP contribution in [0.4, 0.5) is 5.13 Å². The van der Waals surface area contributed by atoms with Crippen molar-refractivity contribution in [2.75, 3.05) is 38.7 Å². The minimum atomic E-state index is -0.496. The van der Waals surface area contributed by atoms with Gasteiger partial charge in [-0.25, -0.2) is 14.8 Å². The molecule has 0 spiro atoms. The molecular weight excluding hydrogens is 458 g/mol. The third kappa shape index (κ3) is 4.21. The summed E-state index contributed by atoms with van der Waals surface area (Å²) in [4.78, 5) is 51.0. The maximum atomic E-state index is 13.5. The molecule has 3 heterocycles. The molecule has 4 aromatic rings. The monoisotopic (exact) mass is 485 g/mol. The van der Waals surface area contributed by atoms with Crippen molar-refractivity contribution >= 4 is 43.8 Å². The van der Waals surface area contributed by atoms with E-state index < -0.39 is 11.2 Å². The van der Waals surface area contributed by atoms with Gasteiger partial charge >= 0.3 is 5.69 Å². The van der Waals surface area contributed by atoms with E-state index in [2.05, 4.69) is 4.98 Å². The number of carbonyl (C=O) groups is 1. The number of thiazole rings is 1. The molecule has 180 valence electrons. The fraction of sp³-hybridized carbons (Fsp3) is 0.409. The van der Waals surface area contributed by atoms with Gasteiger partial charge in [0.1, 0.15) is 17.8 Å². The van der Waals surface area contributed by atoms with E-state index in [1.165, 1.54) is 33.8 Å². The van der Waals surface area contributed by atoms with Crippen molar-refractivity contribution in [3.05, 3.63) is 45.4 Å². The van der Waals surface area contributed by atoms with Crippen LogP contribution in [0.25, 0.3) is 21.4 Å². The molecule has 0 unspecified atom stereocenters. The first-order valence-corrected chi connectivity index (χ1v) is 11.6. The third-order valence-electron chi connectivity index (χ3n) is 5.50. The molecule has 0 aliphatic rings. The highest BCUT2D eigenvalue weighted by molar-refractivity contribution is 7.22. The van der Waals surface area contributed by atoms with Crippen LogP contribution in [0.5, 0.6) is 5.75 Å². The molecule has 0 bridgehead atoms. The van der Waals surface area contributed by atoms with Crippen LogP contribution in [-0.4, -0.2) is 68.3 Å². The number of nitrogens with zero attached hydrogens (tertiary/aromatic N) is 7. The van der Waals surface area contributed by atoms with E-state index in [0.29, 0.717) is 36.1 Å². The molecule has 1 amide bonds. The van der Waals surface area contributed by atoms with Gasteiger partial charge in [0.25, 0.3) is 5.56 Å². The zero-order chi connectivity index (χ0) is 24.6. The van der Waals surface area contributed by atoms with Gasteiger partial charge in [0.05, 0.1) is 17.6 Å². The summed E-state index contributed by atoms with van der Waals surface area (Å²) >= 11 is 1.41. The summed E-state index contributed by atoms with van der Waals surface area (Å²) in [6.45, 7) is 3.35. The number of hydrogen-bond donors (Lipinski definition) is 0. The number of fused-ring (bicyclic) bond motifs is 2. The molecule has 12 heteroatoms. The van der Waals surface area contributed by atoms with Crippen LogP contribution >= 0.6 is 11.3 Å². The number of rotatable bonds is 8. The summed E-state index contributed by atoms with van der Waals surface area (Å²) in [5.74, 6) is 0.432. The minimum Gasteiger partial charge on any atom is -0.492 e. The number of para-hydroxylation sites is 1. The van der Waals surface area contributed by atoms with E-state index in [9.17, 15) is 14.4 Å². The van der Waals surface area contributed by atoms with Crippen LogP contribution in [0.1, 0.15) is 6.92 Å². The standard InChI is InChI=1S/C22H27N7O4S/c1-6-33-14-8-7-9-15-17(14)24-21(34-15)29(11-10-25(2)3)16(30)12-28-13-23-19-18(28)20(31)27(5)22(32)26(19)4/h7-9,13H,6,10-12H2,1-5H3.